The first-order chi connectivity index (χ1) is 9.17. The van der Waals surface area contributed by atoms with E-state index in [2.05, 4.69) is 27.7 Å². The van der Waals surface area contributed by atoms with Gasteiger partial charge in [-0.2, -0.15) is 0 Å². The molecule has 0 aromatic carbocycles. The zero-order valence-electron chi connectivity index (χ0n) is 13.7. The predicted octanol–water partition coefficient (Wildman–Crippen LogP) is 5.16. The van der Waals surface area contributed by atoms with Gasteiger partial charge in [-0.1, -0.05) is 65.2 Å². The van der Waals surface area contributed by atoms with Gasteiger partial charge in [-0.15, -0.1) is 0 Å². The van der Waals surface area contributed by atoms with Gasteiger partial charge in [0, 0.05) is 12.1 Å². The highest BCUT2D eigenvalue weighted by Gasteiger charge is 2.17. The maximum absolute atomic E-state index is 11.3. The molecule has 0 fully saturated rings. The second kappa shape index (κ2) is 12.5. The van der Waals surface area contributed by atoms with E-state index in [-0.39, 0.29) is 0 Å². The molecule has 0 saturated carbocycles. The Morgan fingerprint density at radius 2 is 1.21 bits per heavy atom. The Morgan fingerprint density at radius 3 is 1.53 bits per heavy atom. The van der Waals surface area contributed by atoms with E-state index in [0.29, 0.717) is 12.1 Å². The highest BCUT2D eigenvalue weighted by Crippen LogP contribution is 2.16. The number of hydrogen-bond acceptors (Lipinski definition) is 1. The molecule has 1 amide bonds. The van der Waals surface area contributed by atoms with Crippen LogP contribution in [0.1, 0.15) is 91.9 Å². The van der Waals surface area contributed by atoms with Crippen LogP contribution in [0.15, 0.2) is 0 Å². The zero-order valence-corrected chi connectivity index (χ0v) is 13.7. The number of amides is 1. The molecule has 0 N–H and O–H groups in total. The lowest BCUT2D eigenvalue weighted by atomic mass is 10.0. The lowest BCUT2D eigenvalue weighted by Gasteiger charge is -2.31. The summed E-state index contributed by atoms with van der Waals surface area (Å²) in [6.45, 7) is 8.87. The molecular weight excluding hydrogens is 234 g/mol. The molecule has 0 rings (SSSR count). The van der Waals surface area contributed by atoms with E-state index in [1.807, 2.05) is 4.90 Å². The van der Waals surface area contributed by atoms with Crippen molar-refractivity contribution in [1.82, 2.24) is 4.90 Å². The highest BCUT2D eigenvalue weighted by atomic mass is 16.1. The lowest BCUT2D eigenvalue weighted by molar-refractivity contribution is -0.122. The second-order valence-corrected chi connectivity index (χ2v) is 5.95. The van der Waals surface area contributed by atoms with E-state index in [4.69, 9.17) is 0 Å². The fourth-order valence-electron chi connectivity index (χ4n) is 2.67. The van der Waals surface area contributed by atoms with Crippen LogP contribution >= 0.6 is 0 Å². The summed E-state index contributed by atoms with van der Waals surface area (Å²) in [5, 5.41) is 0. The Hall–Kier alpha value is -0.530. The number of rotatable bonds is 13. The van der Waals surface area contributed by atoms with Gasteiger partial charge < -0.3 is 4.90 Å². The third-order valence-electron chi connectivity index (χ3n) is 4.09. The van der Waals surface area contributed by atoms with Crippen LogP contribution in [-0.2, 0) is 4.79 Å². The van der Waals surface area contributed by atoms with Gasteiger partial charge in [-0.05, 0) is 26.7 Å². The fourth-order valence-corrected chi connectivity index (χ4v) is 2.67. The molecule has 0 spiro atoms. The minimum absolute atomic E-state index is 0.399. The summed E-state index contributed by atoms with van der Waals surface area (Å²) in [7, 11) is 0. The van der Waals surface area contributed by atoms with Crippen LogP contribution in [-0.4, -0.2) is 23.4 Å². The summed E-state index contributed by atoms with van der Waals surface area (Å²) in [5.74, 6) is 0. The van der Waals surface area contributed by atoms with Crippen molar-refractivity contribution < 1.29 is 4.79 Å². The molecule has 0 aromatic heterocycles. The van der Waals surface area contributed by atoms with Crippen molar-refractivity contribution in [2.75, 3.05) is 0 Å². The van der Waals surface area contributed by atoms with Gasteiger partial charge in [0.05, 0.1) is 0 Å². The van der Waals surface area contributed by atoms with E-state index in [1.54, 1.807) is 0 Å². The molecule has 2 heteroatoms. The molecule has 0 aliphatic carbocycles. The second-order valence-electron chi connectivity index (χ2n) is 5.95. The van der Waals surface area contributed by atoms with Crippen molar-refractivity contribution in [2.45, 2.75) is 104 Å². The third-order valence-corrected chi connectivity index (χ3v) is 4.09. The molecular formula is C17H35NO. The summed E-state index contributed by atoms with van der Waals surface area (Å²) in [6, 6.07) is 0.797. The first-order valence-corrected chi connectivity index (χ1v) is 8.40. The Kier molecular flexibility index (Phi) is 12.2. The smallest absolute Gasteiger partial charge is 0.210 e. The molecule has 0 aliphatic rings. The minimum Gasteiger partial charge on any atom is -0.340 e. The van der Waals surface area contributed by atoms with Crippen LogP contribution in [0.3, 0.4) is 0 Å². The Labute approximate surface area is 120 Å². The first-order valence-electron chi connectivity index (χ1n) is 8.40. The number of carbonyl (C=O) groups excluding carboxylic acids is 1. The van der Waals surface area contributed by atoms with Gasteiger partial charge in [-0.3, -0.25) is 4.79 Å². The van der Waals surface area contributed by atoms with Crippen LogP contribution < -0.4 is 0 Å². The number of hydrogen-bond donors (Lipinski definition) is 0. The van der Waals surface area contributed by atoms with Crippen molar-refractivity contribution in [3.05, 3.63) is 0 Å². The van der Waals surface area contributed by atoms with Crippen LogP contribution in [0, 0.1) is 0 Å². The number of nitrogens with zero attached hydrogens (tertiary/aromatic N) is 1. The van der Waals surface area contributed by atoms with Gasteiger partial charge in [0.25, 0.3) is 0 Å². The normalized spacial score (nSPS) is 14.1. The van der Waals surface area contributed by atoms with Crippen LogP contribution in [0.25, 0.3) is 0 Å². The Balaban J connectivity index is 3.90. The molecule has 19 heavy (non-hydrogen) atoms. The van der Waals surface area contributed by atoms with Gasteiger partial charge in [0.15, 0.2) is 0 Å². The summed E-state index contributed by atoms with van der Waals surface area (Å²) >= 11 is 0. The SMILES string of the molecule is CCCCCCC(C)N(C=O)C(C)CCCCCC. The molecule has 2 unspecified atom stereocenters. The average molecular weight is 269 g/mol. The average Bonchev–Trinajstić information content (AvgIpc) is 2.40. The third kappa shape index (κ3) is 9.07. The lowest BCUT2D eigenvalue weighted by Crippen LogP contribution is -2.39. The molecule has 2 atom stereocenters. The van der Waals surface area contributed by atoms with Gasteiger partial charge in [0.1, 0.15) is 0 Å². The molecule has 0 heterocycles. The fraction of sp³-hybridized carbons (Fsp3) is 0.941. The monoisotopic (exact) mass is 269 g/mol. The maximum atomic E-state index is 11.3. The van der Waals surface area contributed by atoms with Gasteiger partial charge in [-0.25, -0.2) is 0 Å². The highest BCUT2D eigenvalue weighted by molar-refractivity contribution is 5.48. The van der Waals surface area contributed by atoms with Crippen molar-refractivity contribution in [2.24, 2.45) is 0 Å². The van der Waals surface area contributed by atoms with Crippen LogP contribution in [0.5, 0.6) is 0 Å². The summed E-state index contributed by atoms with van der Waals surface area (Å²) in [5.41, 5.74) is 0. The van der Waals surface area contributed by atoms with Gasteiger partial charge in [0.2, 0.25) is 6.41 Å². The van der Waals surface area contributed by atoms with Crippen LogP contribution in [0.4, 0.5) is 0 Å². The molecule has 0 aromatic rings. The number of unbranched alkanes of at least 4 members (excludes halogenated alkanes) is 6. The van der Waals surface area contributed by atoms with E-state index in [0.717, 1.165) is 19.3 Å². The molecule has 0 saturated heterocycles. The van der Waals surface area contributed by atoms with Crippen molar-refractivity contribution in [1.29, 1.82) is 0 Å². The summed E-state index contributed by atoms with van der Waals surface area (Å²) in [6.07, 6.45) is 13.7. The summed E-state index contributed by atoms with van der Waals surface area (Å²) < 4.78 is 0. The molecule has 0 radical (unpaired) electrons. The standard InChI is InChI=1S/C17H35NO/c1-5-7-9-11-13-16(3)18(15-19)17(4)14-12-10-8-6-2/h15-17H,5-14H2,1-4H3. The molecule has 114 valence electrons. The van der Waals surface area contributed by atoms with Crippen molar-refractivity contribution in [3.63, 3.8) is 0 Å². The van der Waals surface area contributed by atoms with E-state index >= 15 is 0 Å². The van der Waals surface area contributed by atoms with E-state index in [9.17, 15) is 4.79 Å². The maximum Gasteiger partial charge on any atom is 0.210 e. The topological polar surface area (TPSA) is 20.3 Å². The number of carbonyl (C=O) groups is 1. The van der Waals surface area contributed by atoms with E-state index in [1.165, 1.54) is 51.4 Å². The zero-order chi connectivity index (χ0) is 14.5. The quantitative estimate of drug-likeness (QED) is 0.334. The first kappa shape index (κ1) is 18.5. The minimum atomic E-state index is 0.399. The Bertz CT molecular complexity index is 187. The molecule has 0 bridgehead atoms. The summed E-state index contributed by atoms with van der Waals surface area (Å²) in [4.78, 5) is 13.3. The Morgan fingerprint density at radius 1 is 0.789 bits per heavy atom. The van der Waals surface area contributed by atoms with Gasteiger partial charge >= 0.3 is 0 Å². The largest absolute Gasteiger partial charge is 0.340 e. The van der Waals surface area contributed by atoms with Crippen LogP contribution in [0.2, 0.25) is 0 Å². The van der Waals surface area contributed by atoms with Crippen molar-refractivity contribution in [3.8, 4) is 0 Å². The molecule has 2 nitrogen and oxygen atoms in total. The predicted molar refractivity (Wildman–Crippen MR) is 84.3 cm³/mol. The van der Waals surface area contributed by atoms with E-state index < -0.39 is 0 Å². The molecule has 0 aliphatic heterocycles. The van der Waals surface area contributed by atoms with Crippen molar-refractivity contribution >= 4 is 6.41 Å².